The summed E-state index contributed by atoms with van der Waals surface area (Å²) >= 11 is 1.36. The summed E-state index contributed by atoms with van der Waals surface area (Å²) in [5.41, 5.74) is 3.32. The fourth-order valence-electron chi connectivity index (χ4n) is 2.26. The van der Waals surface area contributed by atoms with Crippen LogP contribution in [0.15, 0.2) is 29.6 Å². The van der Waals surface area contributed by atoms with E-state index in [1.165, 1.54) is 18.4 Å². The van der Waals surface area contributed by atoms with E-state index in [4.69, 9.17) is 4.74 Å². The maximum Gasteiger partial charge on any atom is 0.341 e. The molecule has 4 nitrogen and oxygen atoms in total. The van der Waals surface area contributed by atoms with Gasteiger partial charge in [0.25, 0.3) is 0 Å². The Morgan fingerprint density at radius 3 is 2.50 bits per heavy atom. The Bertz CT molecular complexity index is 714. The highest BCUT2D eigenvalue weighted by Gasteiger charge is 2.31. The molecule has 0 aliphatic heterocycles. The molecule has 22 heavy (non-hydrogen) atoms. The van der Waals surface area contributed by atoms with Crippen molar-refractivity contribution in [1.82, 2.24) is 0 Å². The second kappa shape index (κ2) is 5.93. The molecule has 1 N–H and O–H groups in total. The molecule has 0 atom stereocenters. The van der Waals surface area contributed by atoms with Gasteiger partial charge in [-0.15, -0.1) is 11.3 Å². The summed E-state index contributed by atoms with van der Waals surface area (Å²) in [5, 5.41) is 5.33. The molecule has 1 aromatic carbocycles. The molecule has 1 aliphatic carbocycles. The molecule has 0 saturated heterocycles. The van der Waals surface area contributed by atoms with E-state index in [-0.39, 0.29) is 11.8 Å². The normalized spacial score (nSPS) is 13.7. The number of ether oxygens (including phenoxy) is 1. The molecule has 1 aliphatic rings. The van der Waals surface area contributed by atoms with Crippen molar-refractivity contribution < 1.29 is 14.3 Å². The van der Waals surface area contributed by atoms with Crippen LogP contribution in [0.25, 0.3) is 11.1 Å². The van der Waals surface area contributed by atoms with Gasteiger partial charge in [0.15, 0.2) is 0 Å². The zero-order valence-electron chi connectivity index (χ0n) is 12.5. The summed E-state index contributed by atoms with van der Waals surface area (Å²) < 4.78 is 4.90. The first-order valence-corrected chi connectivity index (χ1v) is 8.06. The summed E-state index contributed by atoms with van der Waals surface area (Å²) in [6, 6.07) is 7.93. The Morgan fingerprint density at radius 2 is 1.91 bits per heavy atom. The Kier molecular flexibility index (Phi) is 3.98. The zero-order chi connectivity index (χ0) is 15.7. The molecule has 1 heterocycles. The van der Waals surface area contributed by atoms with Crippen molar-refractivity contribution in [3.63, 3.8) is 0 Å². The highest BCUT2D eigenvalue weighted by Crippen LogP contribution is 2.38. The number of rotatable bonds is 4. The van der Waals surface area contributed by atoms with E-state index in [0.717, 1.165) is 29.5 Å². The Morgan fingerprint density at radius 1 is 1.23 bits per heavy atom. The minimum atomic E-state index is -0.428. The summed E-state index contributed by atoms with van der Waals surface area (Å²) in [7, 11) is 1.35. The van der Waals surface area contributed by atoms with Gasteiger partial charge in [0.05, 0.1) is 7.11 Å². The standard InChI is InChI=1S/C17H17NO3S/c1-10-3-5-11(6-4-10)13-9-22-16(14(13)17(20)21-2)18-15(19)12-7-8-12/h3-6,9,12H,7-8H2,1-2H3,(H,18,19). The molecule has 1 amide bonds. The van der Waals surface area contributed by atoms with Crippen LogP contribution < -0.4 is 5.32 Å². The molecule has 114 valence electrons. The van der Waals surface area contributed by atoms with Gasteiger partial charge in [0, 0.05) is 16.9 Å². The molecule has 5 heteroatoms. The highest BCUT2D eigenvalue weighted by atomic mass is 32.1. The van der Waals surface area contributed by atoms with Crippen LogP contribution in [0.1, 0.15) is 28.8 Å². The highest BCUT2D eigenvalue weighted by molar-refractivity contribution is 7.15. The predicted molar refractivity (Wildman–Crippen MR) is 87.2 cm³/mol. The largest absolute Gasteiger partial charge is 0.465 e. The van der Waals surface area contributed by atoms with Gasteiger partial charge in [-0.2, -0.15) is 0 Å². The van der Waals surface area contributed by atoms with Crippen LogP contribution in [0.5, 0.6) is 0 Å². The number of aryl methyl sites for hydroxylation is 1. The first kappa shape index (κ1) is 14.8. The number of thiophene rings is 1. The van der Waals surface area contributed by atoms with Crippen LogP contribution >= 0.6 is 11.3 Å². The van der Waals surface area contributed by atoms with Crippen LogP contribution in [0.4, 0.5) is 5.00 Å². The Hall–Kier alpha value is -2.14. The quantitative estimate of drug-likeness (QED) is 0.872. The molecule has 1 saturated carbocycles. The van der Waals surface area contributed by atoms with E-state index >= 15 is 0 Å². The van der Waals surface area contributed by atoms with E-state index in [1.54, 1.807) is 0 Å². The van der Waals surface area contributed by atoms with Crippen LogP contribution in [0.2, 0.25) is 0 Å². The summed E-state index contributed by atoms with van der Waals surface area (Å²) in [6.07, 6.45) is 1.85. The molecule has 0 bridgehead atoms. The smallest absolute Gasteiger partial charge is 0.341 e. The molecule has 2 aromatic rings. The second-order valence-electron chi connectivity index (χ2n) is 5.47. The van der Waals surface area contributed by atoms with Gasteiger partial charge in [0.1, 0.15) is 10.6 Å². The average Bonchev–Trinajstić information content (AvgIpc) is 3.29. The summed E-state index contributed by atoms with van der Waals surface area (Å²) in [4.78, 5) is 24.1. The van der Waals surface area contributed by atoms with Crippen LogP contribution in [0.3, 0.4) is 0 Å². The van der Waals surface area contributed by atoms with Crippen molar-refractivity contribution in [2.24, 2.45) is 5.92 Å². The lowest BCUT2D eigenvalue weighted by Crippen LogP contribution is -2.15. The van der Waals surface area contributed by atoms with E-state index in [1.807, 2.05) is 36.6 Å². The molecule has 0 unspecified atom stereocenters. The fourth-order valence-corrected chi connectivity index (χ4v) is 3.22. The molecule has 0 spiro atoms. The van der Waals surface area contributed by atoms with Gasteiger partial charge in [-0.1, -0.05) is 29.8 Å². The zero-order valence-corrected chi connectivity index (χ0v) is 13.3. The maximum atomic E-state index is 12.2. The van der Waals surface area contributed by atoms with Gasteiger partial charge in [-0.05, 0) is 25.3 Å². The monoisotopic (exact) mass is 315 g/mol. The second-order valence-corrected chi connectivity index (χ2v) is 6.35. The molecular weight excluding hydrogens is 298 g/mol. The number of amides is 1. The lowest BCUT2D eigenvalue weighted by molar-refractivity contribution is -0.117. The number of nitrogens with one attached hydrogen (secondary N) is 1. The van der Waals surface area contributed by atoms with Crippen LogP contribution in [-0.2, 0) is 9.53 Å². The molecule has 1 aromatic heterocycles. The lowest BCUT2D eigenvalue weighted by Gasteiger charge is -2.07. The van der Waals surface area contributed by atoms with Crippen molar-refractivity contribution in [2.75, 3.05) is 12.4 Å². The van der Waals surface area contributed by atoms with E-state index in [0.29, 0.717) is 10.6 Å². The van der Waals surface area contributed by atoms with Gasteiger partial charge in [-0.25, -0.2) is 4.79 Å². The minimum Gasteiger partial charge on any atom is -0.465 e. The summed E-state index contributed by atoms with van der Waals surface area (Å²) in [5.74, 6) is -0.346. The fraction of sp³-hybridized carbons (Fsp3) is 0.294. The van der Waals surface area contributed by atoms with Gasteiger partial charge in [-0.3, -0.25) is 4.79 Å². The van der Waals surface area contributed by atoms with Gasteiger partial charge < -0.3 is 10.1 Å². The third-order valence-corrected chi connectivity index (χ3v) is 4.62. The number of anilines is 1. The van der Waals surface area contributed by atoms with Gasteiger partial charge >= 0.3 is 5.97 Å². The maximum absolute atomic E-state index is 12.2. The van der Waals surface area contributed by atoms with Crippen molar-refractivity contribution in [3.05, 3.63) is 40.8 Å². The first-order valence-electron chi connectivity index (χ1n) is 7.18. The third kappa shape index (κ3) is 2.90. The summed E-state index contributed by atoms with van der Waals surface area (Å²) in [6.45, 7) is 2.01. The Labute approximate surface area is 133 Å². The number of benzene rings is 1. The number of carbonyl (C=O) groups excluding carboxylic acids is 2. The topological polar surface area (TPSA) is 55.4 Å². The van der Waals surface area contributed by atoms with E-state index in [9.17, 15) is 9.59 Å². The molecule has 1 fully saturated rings. The van der Waals surface area contributed by atoms with Crippen molar-refractivity contribution in [1.29, 1.82) is 0 Å². The number of esters is 1. The van der Waals surface area contributed by atoms with Crippen molar-refractivity contribution in [2.45, 2.75) is 19.8 Å². The van der Waals surface area contributed by atoms with E-state index < -0.39 is 5.97 Å². The third-order valence-electron chi connectivity index (χ3n) is 3.73. The molecule has 0 radical (unpaired) electrons. The van der Waals surface area contributed by atoms with Crippen molar-refractivity contribution in [3.8, 4) is 11.1 Å². The first-order chi connectivity index (χ1) is 10.6. The van der Waals surface area contributed by atoms with Crippen LogP contribution in [-0.4, -0.2) is 19.0 Å². The minimum absolute atomic E-state index is 0.0116. The lowest BCUT2D eigenvalue weighted by atomic mass is 10.0. The number of hydrogen-bond donors (Lipinski definition) is 1. The SMILES string of the molecule is COC(=O)c1c(-c2ccc(C)cc2)csc1NC(=O)C1CC1. The number of carbonyl (C=O) groups is 2. The number of hydrogen-bond acceptors (Lipinski definition) is 4. The Balaban J connectivity index is 1.98. The van der Waals surface area contributed by atoms with Gasteiger partial charge in [0.2, 0.25) is 5.91 Å². The van der Waals surface area contributed by atoms with Crippen molar-refractivity contribution >= 4 is 28.2 Å². The number of methoxy groups -OCH3 is 1. The molecule has 3 rings (SSSR count). The van der Waals surface area contributed by atoms with E-state index in [2.05, 4.69) is 5.32 Å². The van der Waals surface area contributed by atoms with Crippen LogP contribution in [0, 0.1) is 12.8 Å². The average molecular weight is 315 g/mol. The molecular formula is C17H17NO3S. The predicted octanol–water partition coefficient (Wildman–Crippen LogP) is 3.86.